The van der Waals surface area contributed by atoms with Crippen molar-refractivity contribution in [1.29, 1.82) is 0 Å². The van der Waals surface area contributed by atoms with Gasteiger partial charge in [-0.15, -0.1) is 0 Å². The highest BCUT2D eigenvalue weighted by Gasteiger charge is 2.15. The smallest absolute Gasteiger partial charge is 0.0968 e. The Morgan fingerprint density at radius 3 is 2.63 bits per heavy atom. The van der Waals surface area contributed by atoms with Crippen LogP contribution in [0.15, 0.2) is 29.8 Å². The van der Waals surface area contributed by atoms with E-state index < -0.39 is 0 Å². The second-order valence-corrected chi connectivity index (χ2v) is 5.45. The molecule has 1 aromatic rings. The molecular formula is C17H26N2. The van der Waals surface area contributed by atoms with Crippen molar-refractivity contribution in [1.82, 2.24) is 0 Å². The molecule has 1 unspecified atom stereocenters. The van der Waals surface area contributed by atoms with Gasteiger partial charge in [0.15, 0.2) is 0 Å². The van der Waals surface area contributed by atoms with Crippen molar-refractivity contribution in [3.05, 3.63) is 35.4 Å². The van der Waals surface area contributed by atoms with Crippen LogP contribution in [0.25, 0.3) is 6.08 Å². The number of unbranched alkanes of at least 4 members (excludes halogenated alkanes) is 5. The highest BCUT2D eigenvalue weighted by molar-refractivity contribution is 5.72. The van der Waals surface area contributed by atoms with Crippen LogP contribution in [0, 0.1) is 0 Å². The lowest BCUT2D eigenvalue weighted by atomic mass is 9.97. The molecular weight excluding hydrogens is 232 g/mol. The van der Waals surface area contributed by atoms with E-state index in [9.17, 15) is 0 Å². The molecule has 0 aromatic heterocycles. The van der Waals surface area contributed by atoms with E-state index in [1.54, 1.807) is 0 Å². The first-order valence-corrected chi connectivity index (χ1v) is 7.63. The minimum Gasteiger partial charge on any atom is -0.366 e. The van der Waals surface area contributed by atoms with E-state index in [4.69, 9.17) is 5.73 Å². The molecule has 1 aliphatic rings. The zero-order valence-electron chi connectivity index (χ0n) is 12.0. The quantitative estimate of drug-likeness (QED) is 0.705. The third kappa shape index (κ3) is 4.10. The number of hydrogen-bond acceptors (Lipinski definition) is 2. The van der Waals surface area contributed by atoms with Crippen LogP contribution >= 0.6 is 0 Å². The number of benzene rings is 1. The van der Waals surface area contributed by atoms with E-state index >= 15 is 0 Å². The van der Waals surface area contributed by atoms with Crippen molar-refractivity contribution < 1.29 is 0 Å². The fourth-order valence-corrected chi connectivity index (χ4v) is 2.64. The van der Waals surface area contributed by atoms with Crippen molar-refractivity contribution >= 4 is 11.8 Å². The van der Waals surface area contributed by atoms with E-state index in [-0.39, 0.29) is 6.17 Å². The van der Waals surface area contributed by atoms with Gasteiger partial charge in [0.25, 0.3) is 0 Å². The number of anilines is 1. The maximum atomic E-state index is 6.18. The van der Waals surface area contributed by atoms with Crippen molar-refractivity contribution in [3.63, 3.8) is 0 Å². The number of nitrogens with two attached hydrogens (primary N) is 1. The van der Waals surface area contributed by atoms with Gasteiger partial charge in [-0.05, 0) is 30.0 Å². The van der Waals surface area contributed by atoms with Gasteiger partial charge in [0.2, 0.25) is 0 Å². The number of fused-ring (bicyclic) bond motifs is 1. The summed E-state index contributed by atoms with van der Waals surface area (Å²) in [5, 5.41) is 3.38. The molecule has 1 atom stereocenters. The summed E-state index contributed by atoms with van der Waals surface area (Å²) in [5.74, 6) is 0. The molecule has 0 bridgehead atoms. The van der Waals surface area contributed by atoms with Crippen LogP contribution in [0.2, 0.25) is 0 Å². The van der Waals surface area contributed by atoms with Gasteiger partial charge in [-0.2, -0.15) is 0 Å². The second-order valence-electron chi connectivity index (χ2n) is 5.45. The minimum atomic E-state index is -0.00876. The van der Waals surface area contributed by atoms with Gasteiger partial charge in [-0.3, -0.25) is 0 Å². The molecule has 104 valence electrons. The third-order valence-electron chi connectivity index (χ3n) is 3.83. The summed E-state index contributed by atoms with van der Waals surface area (Å²) in [7, 11) is 0. The number of rotatable bonds is 7. The standard InChI is InChI=1S/C17H26N2/c1-2-3-4-5-6-7-11-15-13-14-10-8-9-12-16(14)19-17(15)18/h8-10,12-13,17,19H,2-7,11,18H2,1H3. The van der Waals surface area contributed by atoms with Crippen LogP contribution in [0.5, 0.6) is 0 Å². The van der Waals surface area contributed by atoms with Gasteiger partial charge in [0, 0.05) is 5.69 Å². The first kappa shape index (κ1) is 14.1. The number of hydrogen-bond donors (Lipinski definition) is 2. The maximum Gasteiger partial charge on any atom is 0.0968 e. The summed E-state index contributed by atoms with van der Waals surface area (Å²) in [6.07, 6.45) is 11.4. The van der Waals surface area contributed by atoms with Gasteiger partial charge in [0.1, 0.15) is 0 Å². The molecule has 19 heavy (non-hydrogen) atoms. The SMILES string of the molecule is CCCCCCCCC1=Cc2ccccc2NC1N. The Kier molecular flexibility index (Phi) is 5.46. The summed E-state index contributed by atoms with van der Waals surface area (Å²) in [5.41, 5.74) is 9.94. The maximum absolute atomic E-state index is 6.18. The van der Waals surface area contributed by atoms with Crippen molar-refractivity contribution in [3.8, 4) is 0 Å². The summed E-state index contributed by atoms with van der Waals surface area (Å²) in [4.78, 5) is 0. The lowest BCUT2D eigenvalue weighted by molar-refractivity contribution is 0.599. The monoisotopic (exact) mass is 258 g/mol. The molecule has 1 aliphatic heterocycles. The summed E-state index contributed by atoms with van der Waals surface area (Å²) in [6.45, 7) is 2.26. The molecule has 0 saturated heterocycles. The molecule has 0 amide bonds. The molecule has 0 radical (unpaired) electrons. The van der Waals surface area contributed by atoms with Crippen LogP contribution in [0.1, 0.15) is 57.4 Å². The lowest BCUT2D eigenvalue weighted by Gasteiger charge is -2.25. The Morgan fingerprint density at radius 2 is 1.79 bits per heavy atom. The van der Waals surface area contributed by atoms with Crippen molar-refractivity contribution in [2.75, 3.05) is 5.32 Å². The fraction of sp³-hybridized carbons (Fsp3) is 0.529. The van der Waals surface area contributed by atoms with Gasteiger partial charge < -0.3 is 11.1 Å². The normalized spacial score (nSPS) is 17.6. The molecule has 0 spiro atoms. The zero-order valence-corrected chi connectivity index (χ0v) is 12.0. The molecule has 2 rings (SSSR count). The Bertz CT molecular complexity index is 423. The van der Waals surface area contributed by atoms with E-state index in [0.717, 1.165) is 12.1 Å². The Balaban J connectivity index is 1.82. The van der Waals surface area contributed by atoms with Crippen LogP contribution in [0.3, 0.4) is 0 Å². The predicted octanol–water partition coefficient (Wildman–Crippen LogP) is 4.53. The fourth-order valence-electron chi connectivity index (χ4n) is 2.64. The summed E-state index contributed by atoms with van der Waals surface area (Å²) in [6, 6.07) is 8.37. The zero-order chi connectivity index (χ0) is 13.5. The van der Waals surface area contributed by atoms with E-state index in [1.807, 2.05) is 6.07 Å². The second kappa shape index (κ2) is 7.34. The molecule has 2 nitrogen and oxygen atoms in total. The van der Waals surface area contributed by atoms with Gasteiger partial charge >= 0.3 is 0 Å². The number of para-hydroxylation sites is 1. The third-order valence-corrected chi connectivity index (χ3v) is 3.83. The first-order valence-electron chi connectivity index (χ1n) is 7.63. The Labute approximate surface area is 117 Å². The topological polar surface area (TPSA) is 38.0 Å². The lowest BCUT2D eigenvalue weighted by Crippen LogP contribution is -2.33. The van der Waals surface area contributed by atoms with Crippen LogP contribution in [-0.4, -0.2) is 6.17 Å². The Hall–Kier alpha value is -1.28. The van der Waals surface area contributed by atoms with E-state index in [0.29, 0.717) is 0 Å². The molecule has 0 saturated carbocycles. The van der Waals surface area contributed by atoms with E-state index in [1.165, 1.54) is 49.7 Å². The van der Waals surface area contributed by atoms with Gasteiger partial charge in [-0.1, -0.05) is 63.3 Å². The van der Waals surface area contributed by atoms with Crippen molar-refractivity contribution in [2.24, 2.45) is 5.73 Å². The molecule has 1 heterocycles. The first-order chi connectivity index (χ1) is 9.31. The molecule has 0 aliphatic carbocycles. The average molecular weight is 258 g/mol. The minimum absolute atomic E-state index is 0.00876. The van der Waals surface area contributed by atoms with Crippen molar-refractivity contribution in [2.45, 2.75) is 58.0 Å². The highest BCUT2D eigenvalue weighted by atomic mass is 15.0. The predicted molar refractivity (Wildman–Crippen MR) is 84.0 cm³/mol. The summed E-state index contributed by atoms with van der Waals surface area (Å²) < 4.78 is 0. The molecule has 1 aromatic carbocycles. The largest absolute Gasteiger partial charge is 0.366 e. The Morgan fingerprint density at radius 1 is 1.05 bits per heavy atom. The van der Waals surface area contributed by atoms with E-state index in [2.05, 4.69) is 36.5 Å². The van der Waals surface area contributed by atoms with Crippen LogP contribution < -0.4 is 11.1 Å². The van der Waals surface area contributed by atoms with Crippen LogP contribution in [-0.2, 0) is 0 Å². The highest BCUT2D eigenvalue weighted by Crippen LogP contribution is 2.27. The molecule has 0 fully saturated rings. The molecule has 3 N–H and O–H groups in total. The number of nitrogens with one attached hydrogen (secondary N) is 1. The summed E-state index contributed by atoms with van der Waals surface area (Å²) >= 11 is 0. The average Bonchev–Trinajstić information content (AvgIpc) is 2.43. The van der Waals surface area contributed by atoms with Crippen LogP contribution in [0.4, 0.5) is 5.69 Å². The molecule has 2 heteroatoms. The van der Waals surface area contributed by atoms with Gasteiger partial charge in [-0.25, -0.2) is 0 Å². The van der Waals surface area contributed by atoms with Gasteiger partial charge in [0.05, 0.1) is 6.17 Å².